The lowest BCUT2D eigenvalue weighted by atomic mass is 9.90. The first-order valence-electron chi connectivity index (χ1n) is 8.43. The first-order chi connectivity index (χ1) is 12.9. The number of aliphatic carboxylic acids is 1. The second-order valence-electron chi connectivity index (χ2n) is 5.79. The number of phenolic OH excluding ortho intramolecular Hbond substituents is 1. The van der Waals surface area contributed by atoms with E-state index in [-0.39, 0.29) is 35.0 Å². The predicted octanol–water partition coefficient (Wildman–Crippen LogP) is 3.52. The van der Waals surface area contributed by atoms with Gasteiger partial charge in [0.2, 0.25) is 0 Å². The molecule has 142 valence electrons. The molecule has 0 amide bonds. The summed E-state index contributed by atoms with van der Waals surface area (Å²) in [5.74, 6) is -1.50. The Morgan fingerprint density at radius 2 is 2.00 bits per heavy atom. The summed E-state index contributed by atoms with van der Waals surface area (Å²) >= 11 is 0. The van der Waals surface area contributed by atoms with Crippen molar-refractivity contribution >= 4 is 11.8 Å². The van der Waals surface area contributed by atoms with E-state index in [1.54, 1.807) is 18.2 Å². The number of benzene rings is 2. The van der Waals surface area contributed by atoms with Crippen LogP contribution in [0, 0.1) is 0 Å². The van der Waals surface area contributed by atoms with Crippen LogP contribution in [0.15, 0.2) is 49.1 Å². The van der Waals surface area contributed by atoms with Gasteiger partial charge in [0.15, 0.2) is 23.4 Å². The standard InChI is InChI=1S/C21H22O6/c1-4-11-27-20(21(24)25)18-13(5-2)7-6-8-15(18)19(23)14-9-10-16(22)17(12-14)26-3/h4,6-10,12,20,22H,1,5,11H2,2-3H3,(H,24,25). The third-order valence-electron chi connectivity index (χ3n) is 4.13. The summed E-state index contributed by atoms with van der Waals surface area (Å²) < 4.78 is 10.5. The maximum absolute atomic E-state index is 13.1. The average Bonchev–Trinajstić information content (AvgIpc) is 2.67. The molecule has 0 radical (unpaired) electrons. The number of methoxy groups -OCH3 is 1. The van der Waals surface area contributed by atoms with E-state index in [2.05, 4.69) is 6.58 Å². The van der Waals surface area contributed by atoms with Gasteiger partial charge in [-0.3, -0.25) is 4.79 Å². The molecule has 0 aliphatic carbocycles. The number of phenols is 1. The number of carbonyl (C=O) groups excluding carboxylic acids is 1. The zero-order valence-corrected chi connectivity index (χ0v) is 15.3. The van der Waals surface area contributed by atoms with Gasteiger partial charge in [0.25, 0.3) is 0 Å². The lowest BCUT2D eigenvalue weighted by Crippen LogP contribution is -2.21. The van der Waals surface area contributed by atoms with Crippen molar-refractivity contribution in [2.45, 2.75) is 19.4 Å². The van der Waals surface area contributed by atoms with E-state index in [1.165, 1.54) is 31.4 Å². The monoisotopic (exact) mass is 370 g/mol. The van der Waals surface area contributed by atoms with Gasteiger partial charge in [-0.05, 0) is 30.2 Å². The molecule has 0 spiro atoms. The van der Waals surface area contributed by atoms with E-state index in [0.29, 0.717) is 17.5 Å². The van der Waals surface area contributed by atoms with Gasteiger partial charge < -0.3 is 19.7 Å². The minimum Gasteiger partial charge on any atom is -0.504 e. The van der Waals surface area contributed by atoms with Crippen molar-refractivity contribution < 1.29 is 29.3 Å². The third kappa shape index (κ3) is 4.35. The second kappa shape index (κ2) is 9.00. The highest BCUT2D eigenvalue weighted by molar-refractivity contribution is 6.11. The Morgan fingerprint density at radius 3 is 2.59 bits per heavy atom. The topological polar surface area (TPSA) is 93.1 Å². The van der Waals surface area contributed by atoms with E-state index in [9.17, 15) is 19.8 Å². The summed E-state index contributed by atoms with van der Waals surface area (Å²) in [4.78, 5) is 24.9. The molecule has 27 heavy (non-hydrogen) atoms. The number of carbonyl (C=O) groups is 2. The Hall–Kier alpha value is -3.12. The Labute approximate surface area is 157 Å². The molecule has 0 saturated heterocycles. The van der Waals surface area contributed by atoms with Gasteiger partial charge in [-0.25, -0.2) is 4.79 Å². The summed E-state index contributed by atoms with van der Waals surface area (Å²) in [7, 11) is 1.38. The molecular weight excluding hydrogens is 348 g/mol. The van der Waals surface area contributed by atoms with Crippen LogP contribution in [0.1, 0.15) is 40.1 Å². The van der Waals surface area contributed by atoms with E-state index >= 15 is 0 Å². The normalized spacial score (nSPS) is 11.6. The Morgan fingerprint density at radius 1 is 1.26 bits per heavy atom. The summed E-state index contributed by atoms with van der Waals surface area (Å²) in [6.07, 6.45) is 0.699. The molecule has 1 unspecified atom stereocenters. The highest BCUT2D eigenvalue weighted by atomic mass is 16.5. The lowest BCUT2D eigenvalue weighted by Gasteiger charge is -2.20. The SMILES string of the molecule is C=CCOC(C(=O)O)c1c(CC)cccc1C(=O)c1ccc(O)c(OC)c1. The van der Waals surface area contributed by atoms with Gasteiger partial charge >= 0.3 is 5.97 Å². The number of rotatable bonds is 9. The van der Waals surface area contributed by atoms with Crippen molar-refractivity contribution in [2.24, 2.45) is 0 Å². The molecule has 0 aliphatic heterocycles. The molecule has 2 aromatic carbocycles. The summed E-state index contributed by atoms with van der Waals surface area (Å²) in [6, 6.07) is 9.29. The van der Waals surface area contributed by atoms with Crippen LogP contribution in [0.3, 0.4) is 0 Å². The molecule has 0 fully saturated rings. The van der Waals surface area contributed by atoms with Crippen molar-refractivity contribution in [3.8, 4) is 11.5 Å². The molecule has 0 aromatic heterocycles. The number of carboxylic acid groups (broad SMARTS) is 1. The molecule has 2 N–H and O–H groups in total. The maximum atomic E-state index is 13.1. The van der Waals surface area contributed by atoms with Crippen molar-refractivity contribution in [2.75, 3.05) is 13.7 Å². The van der Waals surface area contributed by atoms with E-state index < -0.39 is 12.1 Å². The van der Waals surface area contributed by atoms with Crippen LogP contribution in [0.4, 0.5) is 0 Å². The number of carboxylic acids is 1. The number of hydrogen-bond acceptors (Lipinski definition) is 5. The average molecular weight is 370 g/mol. The number of ketones is 1. The van der Waals surface area contributed by atoms with Crippen LogP contribution < -0.4 is 4.74 Å². The number of aryl methyl sites for hydroxylation is 1. The van der Waals surface area contributed by atoms with Crippen molar-refractivity contribution in [1.29, 1.82) is 0 Å². The van der Waals surface area contributed by atoms with Gasteiger partial charge in [0, 0.05) is 16.7 Å². The Kier molecular flexibility index (Phi) is 6.73. The fourth-order valence-corrected chi connectivity index (χ4v) is 2.85. The summed E-state index contributed by atoms with van der Waals surface area (Å²) in [5, 5.41) is 19.4. The highest BCUT2D eigenvalue weighted by Gasteiger charge is 2.28. The molecule has 0 bridgehead atoms. The quantitative estimate of drug-likeness (QED) is 0.518. The van der Waals surface area contributed by atoms with Gasteiger partial charge in [-0.2, -0.15) is 0 Å². The van der Waals surface area contributed by atoms with Crippen molar-refractivity contribution in [3.05, 3.63) is 71.3 Å². The summed E-state index contributed by atoms with van der Waals surface area (Å²) in [5.41, 5.74) is 1.54. The van der Waals surface area contributed by atoms with Gasteiger partial charge in [0.05, 0.1) is 13.7 Å². The largest absolute Gasteiger partial charge is 0.504 e. The van der Waals surface area contributed by atoms with E-state index in [1.807, 2.05) is 6.92 Å². The van der Waals surface area contributed by atoms with E-state index in [0.717, 1.165) is 0 Å². The Bertz CT molecular complexity index is 856. The molecule has 6 nitrogen and oxygen atoms in total. The third-order valence-corrected chi connectivity index (χ3v) is 4.13. The Balaban J connectivity index is 2.60. The van der Waals surface area contributed by atoms with Crippen LogP contribution in [-0.2, 0) is 16.0 Å². The molecule has 0 saturated carbocycles. The maximum Gasteiger partial charge on any atom is 0.337 e. The molecule has 2 aromatic rings. The van der Waals surface area contributed by atoms with E-state index in [4.69, 9.17) is 9.47 Å². The first kappa shape index (κ1) is 20.2. The van der Waals surface area contributed by atoms with Crippen LogP contribution >= 0.6 is 0 Å². The zero-order chi connectivity index (χ0) is 20.0. The van der Waals surface area contributed by atoms with Gasteiger partial charge in [-0.1, -0.05) is 31.2 Å². The minimum absolute atomic E-state index is 0.0374. The lowest BCUT2D eigenvalue weighted by molar-refractivity contribution is -0.150. The zero-order valence-electron chi connectivity index (χ0n) is 15.3. The fourth-order valence-electron chi connectivity index (χ4n) is 2.85. The highest BCUT2D eigenvalue weighted by Crippen LogP contribution is 2.31. The molecular formula is C21H22O6. The van der Waals surface area contributed by atoms with Crippen LogP contribution in [0.25, 0.3) is 0 Å². The number of hydrogen-bond donors (Lipinski definition) is 2. The van der Waals surface area contributed by atoms with Crippen LogP contribution in [-0.4, -0.2) is 35.7 Å². The minimum atomic E-state index is -1.29. The van der Waals surface area contributed by atoms with Crippen molar-refractivity contribution in [1.82, 2.24) is 0 Å². The molecule has 6 heteroatoms. The summed E-state index contributed by atoms with van der Waals surface area (Å²) in [6.45, 7) is 5.45. The van der Waals surface area contributed by atoms with Crippen LogP contribution in [0.2, 0.25) is 0 Å². The molecule has 2 rings (SSSR count). The van der Waals surface area contributed by atoms with Gasteiger partial charge in [0.1, 0.15) is 0 Å². The number of aromatic hydroxyl groups is 1. The number of ether oxygens (including phenoxy) is 2. The second-order valence-corrected chi connectivity index (χ2v) is 5.79. The molecule has 0 aliphatic rings. The predicted molar refractivity (Wildman–Crippen MR) is 100 cm³/mol. The fraction of sp³-hybridized carbons (Fsp3) is 0.238. The molecule has 0 heterocycles. The molecule has 1 atom stereocenters. The van der Waals surface area contributed by atoms with Crippen LogP contribution in [0.5, 0.6) is 11.5 Å². The first-order valence-corrected chi connectivity index (χ1v) is 8.43. The van der Waals surface area contributed by atoms with Gasteiger partial charge in [-0.15, -0.1) is 6.58 Å². The van der Waals surface area contributed by atoms with Crippen molar-refractivity contribution in [3.63, 3.8) is 0 Å². The smallest absolute Gasteiger partial charge is 0.337 e.